The zero-order chi connectivity index (χ0) is 21.5. The molecule has 1 fully saturated rings. The van der Waals surface area contributed by atoms with Crippen LogP contribution < -0.4 is 14.5 Å². The molecule has 3 aromatic rings. The summed E-state index contributed by atoms with van der Waals surface area (Å²) in [5.41, 5.74) is 3.22. The van der Waals surface area contributed by atoms with Gasteiger partial charge in [-0.2, -0.15) is 5.10 Å². The molecule has 0 radical (unpaired) electrons. The molecule has 0 unspecified atom stereocenters. The highest BCUT2D eigenvalue weighted by Crippen LogP contribution is 2.40. The lowest BCUT2D eigenvalue weighted by Crippen LogP contribution is -2.52. The van der Waals surface area contributed by atoms with Crippen LogP contribution in [0.2, 0.25) is 0 Å². The maximum absolute atomic E-state index is 13.0. The van der Waals surface area contributed by atoms with Crippen molar-refractivity contribution in [1.29, 1.82) is 0 Å². The molecule has 2 aliphatic rings. The van der Waals surface area contributed by atoms with Crippen molar-refractivity contribution in [2.75, 3.05) is 16.3 Å². The molecule has 3 heterocycles. The van der Waals surface area contributed by atoms with E-state index in [1.165, 1.54) is 6.92 Å². The lowest BCUT2D eigenvalue weighted by molar-refractivity contribution is -0.117. The van der Waals surface area contributed by atoms with Crippen LogP contribution in [0.15, 0.2) is 55.0 Å². The number of ether oxygens (including phenoxy) is 1. The first-order valence-corrected chi connectivity index (χ1v) is 10.4. The van der Waals surface area contributed by atoms with Gasteiger partial charge in [0.15, 0.2) is 0 Å². The van der Waals surface area contributed by atoms with E-state index in [2.05, 4.69) is 10.1 Å². The van der Waals surface area contributed by atoms with Crippen LogP contribution in [0.4, 0.5) is 16.2 Å². The highest BCUT2D eigenvalue weighted by Gasteiger charge is 2.35. The first kappa shape index (κ1) is 19.3. The Morgan fingerprint density at radius 1 is 1.10 bits per heavy atom. The fraction of sp³-hybridized carbons (Fsp3) is 0.304. The molecular weight excluding hydrogens is 394 g/mol. The van der Waals surface area contributed by atoms with E-state index in [9.17, 15) is 9.59 Å². The first-order valence-electron chi connectivity index (χ1n) is 10.4. The van der Waals surface area contributed by atoms with E-state index in [0.29, 0.717) is 24.0 Å². The van der Waals surface area contributed by atoms with Crippen molar-refractivity contribution in [2.24, 2.45) is 0 Å². The maximum Gasteiger partial charge on any atom is 0.421 e. The lowest BCUT2D eigenvalue weighted by atomic mass is 10.0. The van der Waals surface area contributed by atoms with E-state index in [1.54, 1.807) is 34.2 Å². The van der Waals surface area contributed by atoms with E-state index < -0.39 is 6.09 Å². The van der Waals surface area contributed by atoms with Crippen molar-refractivity contribution in [2.45, 2.75) is 38.8 Å². The quantitative estimate of drug-likeness (QED) is 0.643. The second-order valence-electron chi connectivity index (χ2n) is 8.03. The minimum atomic E-state index is -0.527. The van der Waals surface area contributed by atoms with E-state index in [-0.39, 0.29) is 17.8 Å². The molecule has 158 valence electrons. The van der Waals surface area contributed by atoms with Crippen molar-refractivity contribution in [3.8, 4) is 17.0 Å². The van der Waals surface area contributed by atoms with Crippen molar-refractivity contribution < 1.29 is 14.3 Å². The van der Waals surface area contributed by atoms with Gasteiger partial charge in [-0.15, -0.1) is 0 Å². The summed E-state index contributed by atoms with van der Waals surface area (Å²) in [6.45, 7) is 3.78. The van der Waals surface area contributed by atoms with Crippen molar-refractivity contribution in [3.63, 3.8) is 0 Å². The number of carbonyl (C=O) groups excluding carboxylic acids is 2. The Bertz CT molecular complexity index is 1140. The van der Waals surface area contributed by atoms with Crippen LogP contribution in [-0.2, 0) is 4.79 Å². The monoisotopic (exact) mass is 417 g/mol. The number of fused-ring (bicyclic) bond motifs is 1. The van der Waals surface area contributed by atoms with Gasteiger partial charge in [0, 0.05) is 37.5 Å². The normalized spacial score (nSPS) is 17.9. The van der Waals surface area contributed by atoms with Crippen LogP contribution in [-0.4, -0.2) is 39.4 Å². The number of nitrogens with zero attached hydrogens (tertiary/aromatic N) is 5. The molecule has 8 nitrogen and oxygen atoms in total. The second-order valence-corrected chi connectivity index (χ2v) is 8.03. The number of aromatic nitrogens is 3. The van der Waals surface area contributed by atoms with Crippen LogP contribution in [0.3, 0.4) is 0 Å². The zero-order valence-electron chi connectivity index (χ0n) is 17.4. The summed E-state index contributed by atoms with van der Waals surface area (Å²) < 4.78 is 7.49. The summed E-state index contributed by atoms with van der Waals surface area (Å²) in [5, 5.41) is 4.47. The minimum Gasteiger partial charge on any atom is -0.391 e. The summed E-state index contributed by atoms with van der Waals surface area (Å²) in [5.74, 6) is 0.165. The van der Waals surface area contributed by atoms with E-state index in [1.807, 2.05) is 42.2 Å². The lowest BCUT2D eigenvalue weighted by Gasteiger charge is -2.40. The Balaban J connectivity index is 1.53. The molecule has 2 amide bonds. The number of pyridine rings is 1. The predicted octanol–water partition coefficient (Wildman–Crippen LogP) is 4.04. The smallest absolute Gasteiger partial charge is 0.391 e. The molecular formula is C23H23N5O3. The van der Waals surface area contributed by atoms with Gasteiger partial charge in [-0.1, -0.05) is 12.1 Å². The Morgan fingerprint density at radius 2 is 1.94 bits per heavy atom. The summed E-state index contributed by atoms with van der Waals surface area (Å²) in [6, 6.07) is 11.2. The SMILES string of the molecule is CC(=O)N1c2ccc(-c3cnn(C4CC4)c3)cc2N(C(=O)Oc2ccccn2)C[C@@H]1C. The summed E-state index contributed by atoms with van der Waals surface area (Å²) in [4.78, 5) is 32.8. The number of hydrogen-bond acceptors (Lipinski definition) is 5. The molecule has 0 bridgehead atoms. The Hall–Kier alpha value is -3.68. The maximum atomic E-state index is 13.0. The Kier molecular flexibility index (Phi) is 4.69. The minimum absolute atomic E-state index is 0.0687. The van der Waals surface area contributed by atoms with Gasteiger partial charge in [0.25, 0.3) is 0 Å². The average molecular weight is 417 g/mol. The molecule has 1 aliphatic heterocycles. The standard InChI is InChI=1S/C23H23N5O3/c1-15-13-26(23(30)31-22-5-3-4-10-24-22)21-11-17(6-9-20(21)28(15)16(2)29)18-12-25-27(14-18)19-7-8-19/h3-6,9-12,14-15,19H,7-8,13H2,1-2H3/t15-/m0/s1. The highest BCUT2D eigenvalue weighted by atomic mass is 16.6. The largest absolute Gasteiger partial charge is 0.421 e. The van der Waals surface area contributed by atoms with Gasteiger partial charge in [0.05, 0.1) is 29.7 Å². The van der Waals surface area contributed by atoms with Crippen LogP contribution >= 0.6 is 0 Å². The van der Waals surface area contributed by atoms with Gasteiger partial charge in [0.1, 0.15) is 0 Å². The summed E-state index contributed by atoms with van der Waals surface area (Å²) in [7, 11) is 0. The molecule has 0 saturated heterocycles. The number of hydrogen-bond donors (Lipinski definition) is 0. The molecule has 2 aromatic heterocycles. The van der Waals surface area contributed by atoms with Gasteiger partial charge in [0.2, 0.25) is 11.8 Å². The highest BCUT2D eigenvalue weighted by molar-refractivity contribution is 6.03. The first-order chi connectivity index (χ1) is 15.0. The molecule has 0 spiro atoms. The molecule has 1 aliphatic carbocycles. The topological polar surface area (TPSA) is 80.6 Å². The van der Waals surface area contributed by atoms with Crippen molar-refractivity contribution in [1.82, 2.24) is 14.8 Å². The van der Waals surface area contributed by atoms with Gasteiger partial charge in [-0.25, -0.2) is 9.78 Å². The van der Waals surface area contributed by atoms with Crippen molar-refractivity contribution in [3.05, 3.63) is 55.0 Å². The fourth-order valence-electron chi connectivity index (χ4n) is 4.04. The van der Waals surface area contributed by atoms with Crippen LogP contribution in [0, 0.1) is 0 Å². The number of anilines is 2. The third-order valence-electron chi connectivity index (χ3n) is 5.66. The predicted molar refractivity (Wildman–Crippen MR) is 116 cm³/mol. The zero-order valence-corrected chi connectivity index (χ0v) is 17.4. The van der Waals surface area contributed by atoms with Crippen LogP contribution in [0.1, 0.15) is 32.7 Å². The molecule has 1 saturated carbocycles. The van der Waals surface area contributed by atoms with Gasteiger partial charge >= 0.3 is 6.09 Å². The fourth-order valence-corrected chi connectivity index (χ4v) is 4.04. The molecule has 8 heteroatoms. The van der Waals surface area contributed by atoms with Crippen molar-refractivity contribution >= 4 is 23.4 Å². The van der Waals surface area contributed by atoms with E-state index in [4.69, 9.17) is 4.74 Å². The van der Waals surface area contributed by atoms with Gasteiger partial charge in [-0.05, 0) is 43.5 Å². The molecule has 1 aromatic carbocycles. The van der Waals surface area contributed by atoms with Gasteiger partial charge in [-0.3, -0.25) is 14.4 Å². The third-order valence-corrected chi connectivity index (χ3v) is 5.66. The Morgan fingerprint density at radius 3 is 2.65 bits per heavy atom. The van der Waals surface area contributed by atoms with Gasteiger partial charge < -0.3 is 9.64 Å². The molecule has 31 heavy (non-hydrogen) atoms. The number of amides is 2. The third kappa shape index (κ3) is 3.65. The van der Waals surface area contributed by atoms with E-state index in [0.717, 1.165) is 24.0 Å². The summed E-state index contributed by atoms with van der Waals surface area (Å²) in [6.07, 6.45) is 7.23. The summed E-state index contributed by atoms with van der Waals surface area (Å²) >= 11 is 0. The van der Waals surface area contributed by atoms with E-state index >= 15 is 0 Å². The molecule has 0 N–H and O–H groups in total. The number of carbonyl (C=O) groups is 2. The number of rotatable bonds is 3. The second kappa shape index (κ2) is 7.54. The number of benzene rings is 1. The van der Waals surface area contributed by atoms with Crippen LogP contribution in [0.5, 0.6) is 5.88 Å². The average Bonchev–Trinajstić information content (AvgIpc) is 3.49. The molecule has 5 rings (SSSR count). The van der Waals surface area contributed by atoms with Crippen LogP contribution in [0.25, 0.3) is 11.1 Å². The Labute approximate surface area is 180 Å². The molecule has 1 atom stereocenters.